The van der Waals surface area contributed by atoms with Crippen LogP contribution in [0.4, 0.5) is 11.4 Å². The van der Waals surface area contributed by atoms with Crippen LogP contribution in [0.3, 0.4) is 0 Å². The normalized spacial score (nSPS) is 10.7. The fourth-order valence-corrected chi connectivity index (χ4v) is 4.20. The van der Waals surface area contributed by atoms with E-state index in [1.807, 2.05) is 60.7 Å². The fraction of sp³-hybridized carbons (Fsp3) is 0.176. The number of carboxylic acid groups (broad SMARTS) is 1. The van der Waals surface area contributed by atoms with E-state index >= 15 is 0 Å². The molecule has 0 aliphatic heterocycles. The first-order valence-electron chi connectivity index (χ1n) is 14.0. The molecular weight excluding hydrogens is 574 g/mol. The number of amides is 2. The van der Waals surface area contributed by atoms with Crippen molar-refractivity contribution >= 4 is 35.0 Å². The van der Waals surface area contributed by atoms with E-state index in [4.69, 9.17) is 30.5 Å². The van der Waals surface area contributed by atoms with Crippen LogP contribution in [0, 0.1) is 5.41 Å². The lowest BCUT2D eigenvalue weighted by molar-refractivity contribution is -0.134. The Morgan fingerprint density at radius 2 is 1.44 bits per heavy atom. The van der Waals surface area contributed by atoms with E-state index in [-0.39, 0.29) is 24.3 Å². The molecule has 0 spiro atoms. The van der Waals surface area contributed by atoms with Crippen LogP contribution >= 0.6 is 0 Å². The number of hydrogen-bond acceptors (Lipinski definition) is 7. The van der Waals surface area contributed by atoms with Crippen molar-refractivity contribution < 1.29 is 29.0 Å². The number of nitrogen functional groups attached to an aromatic ring is 1. The van der Waals surface area contributed by atoms with E-state index in [1.165, 1.54) is 14.0 Å². The topological polar surface area (TPSA) is 176 Å². The van der Waals surface area contributed by atoms with Crippen molar-refractivity contribution in [3.05, 3.63) is 119 Å². The maximum absolute atomic E-state index is 13.7. The molecule has 0 aromatic heterocycles. The van der Waals surface area contributed by atoms with Gasteiger partial charge in [-0.25, -0.2) is 0 Å². The van der Waals surface area contributed by atoms with Gasteiger partial charge in [0.2, 0.25) is 11.8 Å². The molecule has 4 aromatic rings. The molecule has 0 saturated heterocycles. The highest BCUT2D eigenvalue weighted by atomic mass is 16.5. The Labute approximate surface area is 261 Å². The van der Waals surface area contributed by atoms with Gasteiger partial charge in [-0.2, -0.15) is 0 Å². The molecular formula is C34H37N5O6. The molecule has 11 heteroatoms. The third kappa shape index (κ3) is 10.7. The third-order valence-corrected chi connectivity index (χ3v) is 6.27. The van der Waals surface area contributed by atoms with Gasteiger partial charge in [-0.3, -0.25) is 19.8 Å². The first-order chi connectivity index (χ1) is 21.6. The molecule has 11 nitrogen and oxygen atoms in total. The number of nitrogens with two attached hydrogens (primary N) is 1. The van der Waals surface area contributed by atoms with Gasteiger partial charge in [-0.05, 0) is 41.5 Å². The van der Waals surface area contributed by atoms with E-state index in [0.29, 0.717) is 40.5 Å². The number of rotatable bonds is 12. The van der Waals surface area contributed by atoms with Gasteiger partial charge in [0, 0.05) is 43.3 Å². The Kier molecular flexibility index (Phi) is 12.5. The zero-order valence-corrected chi connectivity index (χ0v) is 25.3. The molecule has 7 N–H and O–H groups in total. The molecule has 0 heterocycles. The first kappa shape index (κ1) is 33.7. The minimum atomic E-state index is -0.930. The van der Waals surface area contributed by atoms with Crippen LogP contribution in [-0.2, 0) is 27.5 Å². The SMILES string of the molecule is CC(=O)O.COc1cc(C(Nc2ccc(C(=N)N)cc2)C(=O)NCc2ccccc2)c(NC(C)=O)cc1OCc1ccccc1. The molecule has 234 valence electrons. The molecule has 0 fully saturated rings. The van der Waals surface area contributed by atoms with Gasteiger partial charge in [0.05, 0.1) is 12.8 Å². The van der Waals surface area contributed by atoms with Gasteiger partial charge in [0.15, 0.2) is 11.5 Å². The second kappa shape index (κ2) is 16.7. The Morgan fingerprint density at radius 1 is 0.867 bits per heavy atom. The van der Waals surface area contributed by atoms with Crippen molar-refractivity contribution in [1.29, 1.82) is 5.41 Å². The van der Waals surface area contributed by atoms with Crippen molar-refractivity contribution in [3.8, 4) is 11.5 Å². The minimum absolute atomic E-state index is 0.0579. The molecule has 0 saturated carbocycles. The van der Waals surface area contributed by atoms with E-state index in [9.17, 15) is 9.59 Å². The van der Waals surface area contributed by atoms with Gasteiger partial charge < -0.3 is 36.3 Å². The van der Waals surface area contributed by atoms with Gasteiger partial charge in [-0.15, -0.1) is 0 Å². The van der Waals surface area contributed by atoms with Crippen molar-refractivity contribution in [1.82, 2.24) is 5.32 Å². The average molecular weight is 612 g/mol. The molecule has 0 aliphatic carbocycles. The van der Waals surface area contributed by atoms with Crippen LogP contribution in [0.2, 0.25) is 0 Å². The number of carboxylic acids is 1. The standard InChI is InChI=1S/C32H33N5O4.C2H4O2/c1-21(38)36-27-18-29(41-20-23-11-7-4-8-12-23)28(40-2)17-26(27)30(32(39)35-19-22-9-5-3-6-10-22)37-25-15-13-24(14-16-25)31(33)34;1-2(3)4/h3-18,30,37H,19-20H2,1-2H3,(H3,33,34)(H,35,39)(H,36,38);1H3,(H,3,4). The molecule has 45 heavy (non-hydrogen) atoms. The van der Waals surface area contributed by atoms with Crippen LogP contribution in [0.5, 0.6) is 11.5 Å². The number of carbonyl (C=O) groups is 3. The van der Waals surface area contributed by atoms with Crippen LogP contribution in [0.25, 0.3) is 0 Å². The summed E-state index contributed by atoms with van der Waals surface area (Å²) in [4.78, 5) is 35.0. The predicted octanol–water partition coefficient (Wildman–Crippen LogP) is 5.08. The summed E-state index contributed by atoms with van der Waals surface area (Å²) in [6.07, 6.45) is 0. The quantitative estimate of drug-likeness (QED) is 0.0950. The zero-order valence-electron chi connectivity index (χ0n) is 25.3. The second-order valence-electron chi connectivity index (χ2n) is 9.84. The van der Waals surface area contributed by atoms with Crippen molar-refractivity contribution in [3.63, 3.8) is 0 Å². The summed E-state index contributed by atoms with van der Waals surface area (Å²) in [5, 5.41) is 24.2. The van der Waals surface area contributed by atoms with Crippen LogP contribution in [-0.4, -0.2) is 35.8 Å². The van der Waals surface area contributed by atoms with Crippen molar-refractivity contribution in [2.24, 2.45) is 5.73 Å². The smallest absolute Gasteiger partial charge is 0.300 e. The molecule has 1 atom stereocenters. The number of hydrogen-bond donors (Lipinski definition) is 6. The van der Waals surface area contributed by atoms with Gasteiger partial charge in [0.25, 0.3) is 5.97 Å². The summed E-state index contributed by atoms with van der Waals surface area (Å²) < 4.78 is 11.7. The van der Waals surface area contributed by atoms with Gasteiger partial charge >= 0.3 is 0 Å². The largest absolute Gasteiger partial charge is 0.493 e. The summed E-state index contributed by atoms with van der Waals surface area (Å²) >= 11 is 0. The lowest BCUT2D eigenvalue weighted by atomic mass is 10.0. The number of anilines is 2. The Morgan fingerprint density at radius 3 is 1.98 bits per heavy atom. The van der Waals surface area contributed by atoms with Crippen LogP contribution < -0.4 is 31.2 Å². The highest BCUT2D eigenvalue weighted by Gasteiger charge is 2.26. The fourth-order valence-electron chi connectivity index (χ4n) is 4.20. The van der Waals surface area contributed by atoms with E-state index in [2.05, 4.69) is 16.0 Å². The Bertz CT molecular complexity index is 1590. The third-order valence-electron chi connectivity index (χ3n) is 6.27. The number of nitrogens with one attached hydrogen (secondary N) is 4. The summed E-state index contributed by atoms with van der Waals surface area (Å²) in [7, 11) is 1.52. The average Bonchev–Trinajstić information content (AvgIpc) is 3.02. The highest BCUT2D eigenvalue weighted by Crippen LogP contribution is 2.38. The number of ether oxygens (including phenoxy) is 2. The first-order valence-corrected chi connectivity index (χ1v) is 14.0. The molecule has 0 bridgehead atoms. The highest BCUT2D eigenvalue weighted by molar-refractivity contribution is 5.96. The number of carbonyl (C=O) groups excluding carboxylic acids is 2. The summed E-state index contributed by atoms with van der Waals surface area (Å²) in [6.45, 7) is 3.08. The summed E-state index contributed by atoms with van der Waals surface area (Å²) in [6, 6.07) is 28.5. The van der Waals surface area contributed by atoms with Crippen molar-refractivity contribution in [2.45, 2.75) is 33.0 Å². The van der Waals surface area contributed by atoms with Crippen LogP contribution in [0.1, 0.15) is 42.1 Å². The summed E-state index contributed by atoms with van der Waals surface area (Å²) in [5.41, 5.74) is 9.56. The predicted molar refractivity (Wildman–Crippen MR) is 173 cm³/mol. The summed E-state index contributed by atoms with van der Waals surface area (Å²) in [5.74, 6) is -0.703. The van der Waals surface area contributed by atoms with E-state index in [0.717, 1.165) is 18.1 Å². The van der Waals surface area contributed by atoms with E-state index < -0.39 is 12.0 Å². The molecule has 1 unspecified atom stereocenters. The van der Waals surface area contributed by atoms with Crippen LogP contribution in [0.15, 0.2) is 97.1 Å². The lowest BCUT2D eigenvalue weighted by Crippen LogP contribution is -2.34. The second-order valence-corrected chi connectivity index (χ2v) is 9.84. The molecule has 4 aromatic carbocycles. The number of methoxy groups -OCH3 is 1. The molecule has 4 rings (SSSR count). The number of aliphatic carboxylic acids is 1. The lowest BCUT2D eigenvalue weighted by Gasteiger charge is -2.24. The zero-order chi connectivity index (χ0) is 32.8. The molecule has 2 amide bonds. The Balaban J connectivity index is 0.00000130. The number of amidine groups is 1. The minimum Gasteiger partial charge on any atom is -0.493 e. The maximum atomic E-state index is 13.7. The number of benzene rings is 4. The Hall–Kier alpha value is -5.84. The maximum Gasteiger partial charge on any atom is 0.300 e. The van der Waals surface area contributed by atoms with Gasteiger partial charge in [-0.1, -0.05) is 60.7 Å². The molecule has 0 aliphatic rings. The van der Waals surface area contributed by atoms with Crippen molar-refractivity contribution in [2.75, 3.05) is 17.7 Å². The van der Waals surface area contributed by atoms with E-state index in [1.54, 1.807) is 36.4 Å². The van der Waals surface area contributed by atoms with Gasteiger partial charge in [0.1, 0.15) is 18.5 Å². The monoisotopic (exact) mass is 611 g/mol. The molecule has 0 radical (unpaired) electrons.